The minimum absolute atomic E-state index is 0. The molecule has 0 amide bonds. The van der Waals surface area contributed by atoms with Crippen molar-refractivity contribution in [2.24, 2.45) is 17.8 Å². The van der Waals surface area contributed by atoms with Crippen molar-refractivity contribution in [3.8, 4) is 0 Å². The number of hydrogen-bond acceptors (Lipinski definition) is 28. The van der Waals surface area contributed by atoms with Crippen molar-refractivity contribution in [3.63, 3.8) is 0 Å². The smallest absolute Gasteiger partial charge is 0.466 e. The maximum absolute atomic E-state index is 15.0. The van der Waals surface area contributed by atoms with E-state index in [4.69, 9.17) is 88.9 Å². The minimum Gasteiger partial charge on any atom is -0.466 e. The molecule has 31 nitrogen and oxygen atoms in total. The number of nitrogens with two attached hydrogens (primary N) is 1. The molecule has 0 radical (unpaired) electrons. The van der Waals surface area contributed by atoms with Crippen LogP contribution in [0.2, 0.25) is 0 Å². The lowest BCUT2D eigenvalue weighted by Crippen LogP contribution is -2.45. The van der Waals surface area contributed by atoms with Gasteiger partial charge in [0.05, 0.1) is 77.2 Å². The Bertz CT molecular complexity index is 3200. The SMILES string of the molecule is C.C.CCOC(=O)[C@@H](C)CCOP(=O)(Cl)Cl.CCOC(=O)[C@@H](C)CCOP1(=O)OC[C@H]2O[C@@H](n3ccc(C)nc3=O)C(F)(F)[C@@H]2O1.CCOC(=O)[C@@H](C)CCOP1(=O)OC[C@H]2O[C@@H](n3ccc(N)nc3=O)C(F)(F)[C@@H]2O1.Cc1ccn([C@@H]2O[C@H](CO)[C@@H](O)C2(F)F)c(=O)n1. The highest BCUT2D eigenvalue weighted by atomic mass is 35.9. The summed E-state index contributed by atoms with van der Waals surface area (Å²) in [5.74, 6) is -13.9. The summed E-state index contributed by atoms with van der Waals surface area (Å²) in [6.45, 7) is 11.6. The van der Waals surface area contributed by atoms with E-state index in [1.165, 1.54) is 18.2 Å². The van der Waals surface area contributed by atoms with E-state index < -0.39 is 155 Å². The number of aliphatic hydroxyl groups excluding tert-OH is 2. The zero-order valence-corrected chi connectivity index (χ0v) is 54.6. The number of halogens is 8. The van der Waals surface area contributed by atoms with Crippen molar-refractivity contribution in [1.29, 1.82) is 0 Å². The van der Waals surface area contributed by atoms with Crippen molar-refractivity contribution < 1.29 is 125 Å². The topological polar surface area (TPSA) is 394 Å². The first-order valence-corrected chi connectivity index (χ1v) is 34.4. The second-order valence-electron chi connectivity index (χ2n) is 20.6. The molecule has 0 spiro atoms. The van der Waals surface area contributed by atoms with Gasteiger partial charge in [0, 0.05) is 30.0 Å². The van der Waals surface area contributed by atoms with Crippen LogP contribution in [0.5, 0.6) is 0 Å². The number of nitrogens with zero attached hydrogens (tertiary/aromatic N) is 6. The first-order valence-electron chi connectivity index (χ1n) is 28.0. The van der Waals surface area contributed by atoms with Crippen LogP contribution >= 0.6 is 44.2 Å². The fourth-order valence-electron chi connectivity index (χ4n) is 8.57. The molecule has 0 bridgehead atoms. The van der Waals surface area contributed by atoms with Crippen LogP contribution in [0.25, 0.3) is 0 Å². The van der Waals surface area contributed by atoms with Crippen molar-refractivity contribution in [2.75, 3.05) is 65.2 Å². The van der Waals surface area contributed by atoms with E-state index in [0.717, 1.165) is 18.6 Å². The van der Waals surface area contributed by atoms with Crippen LogP contribution in [-0.2, 0) is 88.2 Å². The number of aliphatic hydroxyl groups is 2. The molecule has 8 heterocycles. The minimum atomic E-state index is -4.34. The summed E-state index contributed by atoms with van der Waals surface area (Å²) in [5.41, 5.74) is 3.28. The molecular formula is C52H78Cl2F6N7O24P3. The van der Waals surface area contributed by atoms with E-state index in [-0.39, 0.29) is 78.4 Å². The molecule has 0 saturated carbocycles. The third-order valence-corrected chi connectivity index (χ3v) is 17.5. The van der Waals surface area contributed by atoms with Crippen molar-refractivity contribution in [3.05, 3.63) is 79.6 Å². The van der Waals surface area contributed by atoms with Gasteiger partial charge in [-0.1, -0.05) is 35.6 Å². The molecule has 94 heavy (non-hydrogen) atoms. The van der Waals surface area contributed by atoms with E-state index in [1.807, 2.05) is 0 Å². The second kappa shape index (κ2) is 35.6. The van der Waals surface area contributed by atoms with Gasteiger partial charge in [-0.15, -0.1) is 0 Å². The molecule has 4 N–H and O–H groups in total. The quantitative estimate of drug-likeness (QED) is 0.0377. The zero-order chi connectivity index (χ0) is 68.9. The predicted octanol–water partition coefficient (Wildman–Crippen LogP) is 7.59. The number of aromatic nitrogens is 6. The number of phosphoric ester groups is 2. The number of nitrogen functional groups attached to an aromatic ring is 1. The average Bonchev–Trinajstić information content (AvgIpc) is 1.60. The van der Waals surface area contributed by atoms with Gasteiger partial charge >= 0.3 is 74.5 Å². The highest BCUT2D eigenvalue weighted by molar-refractivity contribution is 8.05. The molecule has 3 aromatic rings. The number of ether oxygens (including phenoxy) is 6. The Balaban J connectivity index is 0.000000339. The molecule has 42 heteroatoms. The van der Waals surface area contributed by atoms with Crippen LogP contribution in [-0.4, -0.2) is 171 Å². The maximum Gasteiger partial charge on any atom is 0.475 e. The van der Waals surface area contributed by atoms with E-state index in [1.54, 1.807) is 55.4 Å². The number of alkyl halides is 6. The average molecular weight is 1460 g/mol. The first-order chi connectivity index (χ1) is 42.9. The van der Waals surface area contributed by atoms with Gasteiger partial charge < -0.3 is 48.9 Å². The summed E-state index contributed by atoms with van der Waals surface area (Å²) in [4.78, 5) is 80.2. The zero-order valence-electron chi connectivity index (χ0n) is 50.4. The van der Waals surface area contributed by atoms with Crippen molar-refractivity contribution >= 4 is 67.9 Å². The summed E-state index contributed by atoms with van der Waals surface area (Å²) < 4.78 is 190. The van der Waals surface area contributed by atoms with Gasteiger partial charge in [-0.25, -0.2) is 23.5 Å². The third-order valence-electron chi connectivity index (χ3n) is 13.5. The molecule has 3 aromatic heterocycles. The van der Waals surface area contributed by atoms with Crippen molar-refractivity contribution in [2.45, 2.75) is 163 Å². The molecule has 5 aliphatic rings. The van der Waals surface area contributed by atoms with Gasteiger partial charge in [-0.05, 0) is 94.6 Å². The normalized spacial score (nSPS) is 27.8. The van der Waals surface area contributed by atoms with Crippen molar-refractivity contribution in [1.82, 2.24) is 28.7 Å². The monoisotopic (exact) mass is 1460 g/mol. The number of carbonyl (C=O) groups is 3. The van der Waals surface area contributed by atoms with Crippen LogP contribution in [0.4, 0.5) is 32.2 Å². The highest BCUT2D eigenvalue weighted by Crippen LogP contribution is 2.62. The first kappa shape index (κ1) is 83.4. The Kier molecular flexibility index (Phi) is 31.6. The second-order valence-corrected chi connectivity index (χ2v) is 28.1. The Morgan fingerprint density at radius 2 is 1.00 bits per heavy atom. The molecule has 0 aliphatic carbocycles. The van der Waals surface area contributed by atoms with Gasteiger partial charge in [0.15, 0.2) is 18.3 Å². The molecule has 5 aliphatic heterocycles. The summed E-state index contributed by atoms with van der Waals surface area (Å²) in [6.07, 6.45) is -15.6. The molecule has 2 unspecified atom stereocenters. The van der Waals surface area contributed by atoms with Gasteiger partial charge in [0.1, 0.15) is 24.1 Å². The number of anilines is 1. The lowest BCUT2D eigenvalue weighted by atomic mass is 10.1. The van der Waals surface area contributed by atoms with Crippen LogP contribution in [0.3, 0.4) is 0 Å². The Labute approximate surface area is 544 Å². The van der Waals surface area contributed by atoms with E-state index in [2.05, 4.69) is 19.5 Å². The molecule has 8 rings (SSSR count). The molecule has 536 valence electrons. The number of rotatable bonds is 22. The van der Waals surface area contributed by atoms with Gasteiger partial charge in [-0.2, -0.15) is 41.3 Å². The van der Waals surface area contributed by atoms with Gasteiger partial charge in [0.2, 0.25) is 18.7 Å². The lowest BCUT2D eigenvalue weighted by Gasteiger charge is -2.31. The number of hydrogen-bond donors (Lipinski definition) is 3. The molecular weight excluding hydrogens is 1380 g/mol. The molecule has 0 aromatic carbocycles. The number of carbonyl (C=O) groups excluding carboxylic acids is 3. The summed E-state index contributed by atoms with van der Waals surface area (Å²) >= 11 is 10.3. The van der Waals surface area contributed by atoms with E-state index in [9.17, 15) is 73.9 Å². The van der Waals surface area contributed by atoms with Crippen LogP contribution in [0, 0.1) is 31.6 Å². The van der Waals surface area contributed by atoms with Gasteiger partial charge in [-0.3, -0.25) is 59.8 Å². The van der Waals surface area contributed by atoms with Crippen LogP contribution in [0.15, 0.2) is 51.2 Å². The third kappa shape index (κ3) is 21.9. The fourth-order valence-corrected chi connectivity index (χ4v) is 12.1. The number of phosphoric acid groups is 2. The van der Waals surface area contributed by atoms with Crippen LogP contribution in [0.1, 0.15) is 106 Å². The lowest BCUT2D eigenvalue weighted by molar-refractivity contribution is -0.148. The highest BCUT2D eigenvalue weighted by Gasteiger charge is 2.67. The number of aryl methyl sites for hydroxylation is 2. The molecule has 5 fully saturated rings. The standard InChI is InChI=1S/C17H23F2N2O8P.C16H22F2N3O8P.C10H12F2N2O4.C7H13Cl2O4P.2CH4/c1-4-25-14(22)10(2)6-8-26-30(24)27-9-12-13(29-30)17(18,19)15(28-12)21-7-5-11(3)20-16(21)23;1-3-25-13(22)9(2)5-7-26-30(24)27-8-10-12(29-30)16(17,18)14(28-10)21-6-4-11(19)20-15(21)23;1-5-2-3-14(9(17)13-5)8-10(11,12)7(16)6(4-15)18-8;1-3-12-7(10)6(2)4-5-13-14(8,9)11;;/h5,7,10,12-13,15H,4,6,8-9H2,1-3H3;4,6,9-10,12,14H,3,5,7-8H2,1-2H3,(H2,19,20,23);2-3,6-8,15-16H,4H2,1H3;6H,3-5H2,1-2H3;2*1H4/t10-,12+,13+,15+,30?;9-,10+,12+,14+,30?;6-,7-,8-;6-;;/m0010../s1. The predicted molar refractivity (Wildman–Crippen MR) is 318 cm³/mol. The Morgan fingerprint density at radius 1 is 0.649 bits per heavy atom. The number of esters is 3. The largest absolute Gasteiger partial charge is 0.475 e. The molecule has 14 atom stereocenters. The number of fused-ring (bicyclic) bond motifs is 2. The Morgan fingerprint density at radius 3 is 1.33 bits per heavy atom. The maximum atomic E-state index is 15.0. The summed E-state index contributed by atoms with van der Waals surface area (Å²) in [7, 11) is -8.66. The molecule has 5 saturated heterocycles. The Hall–Kier alpha value is -4.78. The van der Waals surface area contributed by atoms with Crippen LogP contribution < -0.4 is 22.8 Å². The summed E-state index contributed by atoms with van der Waals surface area (Å²) in [5, 5.41) is 18.1. The van der Waals surface area contributed by atoms with E-state index >= 15 is 0 Å². The van der Waals surface area contributed by atoms with E-state index in [0.29, 0.717) is 38.1 Å². The summed E-state index contributed by atoms with van der Waals surface area (Å²) in [6, 6.07) is 3.93. The van der Waals surface area contributed by atoms with Gasteiger partial charge in [0.25, 0.3) is 0 Å². The fraction of sp³-hybridized carbons (Fsp3) is 0.712.